The van der Waals surface area contributed by atoms with Crippen LogP contribution >= 0.6 is 23.2 Å². The van der Waals surface area contributed by atoms with E-state index in [1.165, 1.54) is 6.07 Å². The molecule has 0 radical (unpaired) electrons. The molecule has 0 saturated heterocycles. The lowest BCUT2D eigenvalue weighted by atomic mass is 10.3. The van der Waals surface area contributed by atoms with Crippen molar-refractivity contribution in [3.05, 3.63) is 28.0 Å². The predicted octanol–water partition coefficient (Wildman–Crippen LogP) is 2.71. The van der Waals surface area contributed by atoms with E-state index in [4.69, 9.17) is 28.9 Å². The molecule has 54 valence electrons. The molecule has 0 aliphatic rings. The van der Waals surface area contributed by atoms with Crippen molar-refractivity contribution >= 4 is 28.9 Å². The van der Waals surface area contributed by atoms with Crippen LogP contribution in [0.2, 0.25) is 10.0 Å². The molecular weight excluding hydrogens is 176 g/mol. The molecule has 10 heavy (non-hydrogen) atoms. The van der Waals surface area contributed by atoms with Crippen molar-refractivity contribution in [1.82, 2.24) is 0 Å². The van der Waals surface area contributed by atoms with Gasteiger partial charge in [-0.05, 0) is 12.1 Å². The Morgan fingerprint density at radius 3 is 2.40 bits per heavy atom. The molecule has 4 heteroatoms. The van der Waals surface area contributed by atoms with Crippen molar-refractivity contribution in [1.29, 1.82) is 0 Å². The van der Waals surface area contributed by atoms with E-state index in [1.54, 1.807) is 0 Å². The van der Waals surface area contributed by atoms with Gasteiger partial charge in [0.25, 0.3) is 0 Å². The molecule has 0 bridgehead atoms. The van der Waals surface area contributed by atoms with E-state index in [0.29, 0.717) is 0 Å². The van der Waals surface area contributed by atoms with E-state index >= 15 is 0 Å². The first-order chi connectivity index (χ1) is 4.61. The fourth-order valence-electron chi connectivity index (χ4n) is 0.553. The summed E-state index contributed by atoms with van der Waals surface area (Å²) < 4.78 is 12.5. The molecule has 2 N–H and O–H groups in total. The Morgan fingerprint density at radius 2 is 1.90 bits per heavy atom. The Kier molecular flexibility index (Phi) is 2.02. The number of anilines is 1. The van der Waals surface area contributed by atoms with Crippen LogP contribution in [0.15, 0.2) is 12.1 Å². The molecule has 1 aromatic carbocycles. The second kappa shape index (κ2) is 2.64. The molecule has 1 rings (SSSR count). The third kappa shape index (κ3) is 1.33. The van der Waals surface area contributed by atoms with Crippen LogP contribution in [0.25, 0.3) is 0 Å². The van der Waals surface area contributed by atoms with E-state index in [0.717, 1.165) is 6.07 Å². The highest BCUT2D eigenvalue weighted by Crippen LogP contribution is 2.25. The van der Waals surface area contributed by atoms with Gasteiger partial charge in [-0.25, -0.2) is 4.39 Å². The number of nitrogens with two attached hydrogens (primary N) is 1. The van der Waals surface area contributed by atoms with Gasteiger partial charge in [-0.3, -0.25) is 0 Å². The van der Waals surface area contributed by atoms with Gasteiger partial charge in [0.15, 0.2) is 0 Å². The van der Waals surface area contributed by atoms with Gasteiger partial charge in [0.05, 0.1) is 10.7 Å². The monoisotopic (exact) mass is 179 g/mol. The van der Waals surface area contributed by atoms with E-state index in [1.807, 2.05) is 0 Å². The topological polar surface area (TPSA) is 26.0 Å². The Balaban J connectivity index is 3.31. The van der Waals surface area contributed by atoms with E-state index in [2.05, 4.69) is 0 Å². The van der Waals surface area contributed by atoms with Gasteiger partial charge in [0.2, 0.25) is 0 Å². The molecule has 0 fully saturated rings. The molecule has 1 nitrogen and oxygen atoms in total. The van der Waals surface area contributed by atoms with Gasteiger partial charge < -0.3 is 5.73 Å². The van der Waals surface area contributed by atoms with Crippen LogP contribution in [0, 0.1) is 5.82 Å². The van der Waals surface area contributed by atoms with Crippen molar-refractivity contribution in [2.75, 3.05) is 5.73 Å². The number of hydrogen-bond acceptors (Lipinski definition) is 1. The van der Waals surface area contributed by atoms with Crippen LogP contribution in [0.3, 0.4) is 0 Å². The van der Waals surface area contributed by atoms with Gasteiger partial charge in [-0.2, -0.15) is 0 Å². The lowest BCUT2D eigenvalue weighted by Gasteiger charge is -1.98. The molecule has 0 unspecified atom stereocenters. The summed E-state index contributed by atoms with van der Waals surface area (Å²) in [7, 11) is 0. The van der Waals surface area contributed by atoms with Gasteiger partial charge >= 0.3 is 0 Å². The lowest BCUT2D eigenvalue weighted by Crippen LogP contribution is -1.90. The fraction of sp³-hybridized carbons (Fsp3) is 0. The van der Waals surface area contributed by atoms with Crippen LogP contribution < -0.4 is 5.73 Å². The first-order valence-corrected chi connectivity index (χ1v) is 3.27. The maximum atomic E-state index is 12.5. The van der Waals surface area contributed by atoms with Gasteiger partial charge in [-0.15, -0.1) is 0 Å². The summed E-state index contributed by atoms with van der Waals surface area (Å²) >= 11 is 10.9. The number of hydrogen-bond donors (Lipinski definition) is 1. The molecule has 0 saturated carbocycles. The second-order valence-corrected chi connectivity index (χ2v) is 2.63. The third-order valence-electron chi connectivity index (χ3n) is 1.04. The predicted molar refractivity (Wildman–Crippen MR) is 40.8 cm³/mol. The summed E-state index contributed by atoms with van der Waals surface area (Å²) in [5, 5.41) is 0.390. The Labute approximate surface area is 67.5 Å². The summed E-state index contributed by atoms with van der Waals surface area (Å²) in [5.41, 5.74) is 5.12. The minimum Gasteiger partial charge on any atom is -0.395 e. The van der Waals surface area contributed by atoms with E-state index < -0.39 is 5.82 Å². The SMILES string of the molecule is Nc1c(F)cc(Cl)cc1Cl. The van der Waals surface area contributed by atoms with Crippen molar-refractivity contribution in [2.24, 2.45) is 0 Å². The number of nitrogen functional groups attached to an aromatic ring is 1. The number of halogens is 3. The zero-order chi connectivity index (χ0) is 7.72. The van der Waals surface area contributed by atoms with Crippen LogP contribution in [-0.4, -0.2) is 0 Å². The van der Waals surface area contributed by atoms with Crippen LogP contribution in [-0.2, 0) is 0 Å². The quantitative estimate of drug-likeness (QED) is 0.610. The molecule has 0 atom stereocenters. The Bertz CT molecular complexity index is 239. The van der Waals surface area contributed by atoms with Crippen molar-refractivity contribution in [3.63, 3.8) is 0 Å². The van der Waals surface area contributed by atoms with Crippen LogP contribution in [0.1, 0.15) is 0 Å². The summed E-state index contributed by atoms with van der Waals surface area (Å²) in [6.45, 7) is 0. The highest BCUT2D eigenvalue weighted by atomic mass is 35.5. The lowest BCUT2D eigenvalue weighted by molar-refractivity contribution is 0.632. The maximum Gasteiger partial charge on any atom is 0.149 e. The van der Waals surface area contributed by atoms with Crippen molar-refractivity contribution in [3.8, 4) is 0 Å². The maximum absolute atomic E-state index is 12.5. The van der Waals surface area contributed by atoms with Gasteiger partial charge in [0.1, 0.15) is 5.82 Å². The summed E-state index contributed by atoms with van der Waals surface area (Å²) in [5.74, 6) is -0.586. The normalized spacial score (nSPS) is 9.90. The number of benzene rings is 1. The van der Waals surface area contributed by atoms with Crippen LogP contribution in [0.5, 0.6) is 0 Å². The molecule has 0 aliphatic carbocycles. The molecule has 0 aliphatic heterocycles. The molecule has 0 aromatic heterocycles. The van der Waals surface area contributed by atoms with Gasteiger partial charge in [0, 0.05) is 5.02 Å². The van der Waals surface area contributed by atoms with E-state index in [-0.39, 0.29) is 15.7 Å². The summed E-state index contributed by atoms with van der Waals surface area (Å²) in [6, 6.07) is 2.50. The average molecular weight is 180 g/mol. The van der Waals surface area contributed by atoms with E-state index in [9.17, 15) is 4.39 Å². The minimum absolute atomic E-state index is 0.0638. The minimum atomic E-state index is -0.586. The highest BCUT2D eigenvalue weighted by molar-refractivity contribution is 6.36. The van der Waals surface area contributed by atoms with Crippen LogP contribution in [0.4, 0.5) is 10.1 Å². The number of rotatable bonds is 0. The first kappa shape index (κ1) is 7.63. The van der Waals surface area contributed by atoms with Crippen molar-refractivity contribution in [2.45, 2.75) is 0 Å². The molecule has 0 spiro atoms. The highest BCUT2D eigenvalue weighted by Gasteiger charge is 2.03. The van der Waals surface area contributed by atoms with Crippen molar-refractivity contribution < 1.29 is 4.39 Å². The molecule has 0 heterocycles. The second-order valence-electron chi connectivity index (χ2n) is 1.78. The summed E-state index contributed by atoms with van der Waals surface area (Å²) in [6.07, 6.45) is 0. The average Bonchev–Trinajstić information content (AvgIpc) is 1.82. The Hall–Kier alpha value is -0.470. The Morgan fingerprint density at radius 1 is 1.30 bits per heavy atom. The zero-order valence-electron chi connectivity index (χ0n) is 4.87. The standard InChI is InChI=1S/C6H4Cl2FN/c7-3-1-4(8)6(10)5(9)2-3/h1-2H,10H2. The molecule has 0 amide bonds. The molecule has 1 aromatic rings. The largest absolute Gasteiger partial charge is 0.395 e. The summed E-state index contributed by atoms with van der Waals surface area (Å²) in [4.78, 5) is 0. The molecular formula is C6H4Cl2FN. The smallest absolute Gasteiger partial charge is 0.149 e. The first-order valence-electron chi connectivity index (χ1n) is 2.51. The third-order valence-corrected chi connectivity index (χ3v) is 1.57. The van der Waals surface area contributed by atoms with Gasteiger partial charge in [-0.1, -0.05) is 23.2 Å². The fourth-order valence-corrected chi connectivity index (χ4v) is 1.02. The zero-order valence-corrected chi connectivity index (χ0v) is 6.38.